The number of nitrogens with zero attached hydrogens (tertiary/aromatic N) is 4. The first-order valence-electron chi connectivity index (χ1n) is 8.09. The zero-order valence-corrected chi connectivity index (χ0v) is 13.0. The van der Waals surface area contributed by atoms with Gasteiger partial charge in [-0.2, -0.15) is 23.5 Å². The summed E-state index contributed by atoms with van der Waals surface area (Å²) in [6.07, 6.45) is 1.25. The van der Waals surface area contributed by atoms with Gasteiger partial charge in [-0.15, -0.1) is 0 Å². The predicted molar refractivity (Wildman–Crippen MR) is 76.7 cm³/mol. The van der Waals surface area contributed by atoms with Crippen molar-refractivity contribution in [3.63, 3.8) is 0 Å². The number of likely N-dealkylation sites (tertiary alicyclic amines) is 1. The third-order valence-electron chi connectivity index (χ3n) is 5.51. The number of carbonyl (C=O) groups is 1. The molecule has 3 fully saturated rings. The number of amides is 1. The number of alkyl halides is 3. The summed E-state index contributed by atoms with van der Waals surface area (Å²) in [7, 11) is 0. The molecule has 1 aromatic rings. The molecule has 0 atom stereocenters. The number of rotatable bonds is 4. The van der Waals surface area contributed by atoms with Gasteiger partial charge in [-0.1, -0.05) is 0 Å². The van der Waals surface area contributed by atoms with Gasteiger partial charge in [0.2, 0.25) is 5.91 Å². The molecule has 0 aromatic carbocycles. The molecule has 128 valence electrons. The van der Waals surface area contributed by atoms with Crippen molar-refractivity contribution in [2.75, 3.05) is 13.1 Å². The highest BCUT2D eigenvalue weighted by molar-refractivity contribution is 5.87. The van der Waals surface area contributed by atoms with E-state index < -0.39 is 23.0 Å². The second kappa shape index (κ2) is 4.74. The first-order valence-corrected chi connectivity index (χ1v) is 8.09. The van der Waals surface area contributed by atoms with E-state index in [0.29, 0.717) is 5.92 Å². The molecule has 1 amide bonds. The van der Waals surface area contributed by atoms with Crippen LogP contribution in [0, 0.1) is 16.7 Å². The van der Waals surface area contributed by atoms with Crippen LogP contribution in [0.4, 0.5) is 13.2 Å². The van der Waals surface area contributed by atoms with Gasteiger partial charge in [0, 0.05) is 19.3 Å². The first-order chi connectivity index (χ1) is 11.3. The number of carbonyl (C=O) groups excluding carboxylic acids is 1. The highest BCUT2D eigenvalue weighted by Gasteiger charge is 2.70. The topological polar surface area (TPSA) is 61.9 Å². The largest absolute Gasteiger partial charge is 0.403 e. The van der Waals surface area contributed by atoms with Crippen LogP contribution in [0.1, 0.15) is 43.6 Å². The Balaban J connectivity index is 1.51. The molecule has 1 aliphatic heterocycles. The maximum absolute atomic E-state index is 13.1. The summed E-state index contributed by atoms with van der Waals surface area (Å²) in [5, 5.41) is 13.4. The molecule has 1 saturated heterocycles. The average molecular weight is 338 g/mol. The predicted octanol–water partition coefficient (Wildman–Crippen LogP) is 2.55. The van der Waals surface area contributed by atoms with Crippen LogP contribution in [0.2, 0.25) is 0 Å². The molecule has 2 aliphatic carbocycles. The Morgan fingerprint density at radius 3 is 2.54 bits per heavy atom. The van der Waals surface area contributed by atoms with Crippen molar-refractivity contribution in [3.8, 4) is 6.07 Å². The van der Waals surface area contributed by atoms with Gasteiger partial charge in [0.15, 0.2) is 0 Å². The van der Waals surface area contributed by atoms with Gasteiger partial charge in [-0.3, -0.25) is 9.48 Å². The quantitative estimate of drug-likeness (QED) is 0.848. The van der Waals surface area contributed by atoms with Crippen LogP contribution >= 0.6 is 0 Å². The van der Waals surface area contributed by atoms with Gasteiger partial charge in [0.25, 0.3) is 0 Å². The summed E-state index contributed by atoms with van der Waals surface area (Å²) in [6, 6.07) is 2.09. The maximum Gasteiger partial charge on any atom is 0.403 e. The maximum atomic E-state index is 13.1. The lowest BCUT2D eigenvalue weighted by Crippen LogP contribution is -2.66. The molecule has 0 N–H and O–H groups in total. The molecule has 0 unspecified atom stereocenters. The Morgan fingerprint density at radius 2 is 2.04 bits per heavy atom. The van der Waals surface area contributed by atoms with Crippen LogP contribution in [0.5, 0.6) is 0 Å². The second-order valence-corrected chi connectivity index (χ2v) is 7.29. The third-order valence-corrected chi connectivity index (χ3v) is 5.51. The standard InChI is InChI=1S/C16H17F3N4O/c17-16(18,19)15(3-4-15)13(24)22-9-14(10-22,5-6-20)23-8-12(7-21-23)11-1-2-11/h7-8,11H,1-5,9-10H2. The van der Waals surface area contributed by atoms with Crippen LogP contribution < -0.4 is 0 Å². The van der Waals surface area contributed by atoms with Gasteiger partial charge in [-0.25, -0.2) is 0 Å². The summed E-state index contributed by atoms with van der Waals surface area (Å²) < 4.78 is 41.0. The Hall–Kier alpha value is -2.04. The normalized spacial score (nSPS) is 24.2. The molecular formula is C16H17F3N4O. The van der Waals surface area contributed by atoms with Crippen LogP contribution in [0.3, 0.4) is 0 Å². The summed E-state index contributed by atoms with van der Waals surface area (Å²) in [5.74, 6) is -0.339. The fourth-order valence-electron chi connectivity index (χ4n) is 3.56. The van der Waals surface area contributed by atoms with Crippen molar-refractivity contribution >= 4 is 5.91 Å². The van der Waals surface area contributed by atoms with Gasteiger partial charge < -0.3 is 4.90 Å². The zero-order chi connectivity index (χ0) is 17.2. The monoisotopic (exact) mass is 338 g/mol. The summed E-state index contributed by atoms with van der Waals surface area (Å²) in [5.41, 5.74) is -1.78. The molecule has 24 heavy (non-hydrogen) atoms. The molecule has 3 aliphatic rings. The lowest BCUT2D eigenvalue weighted by atomic mass is 9.85. The summed E-state index contributed by atoms with van der Waals surface area (Å²) in [6.45, 7) is 0.228. The van der Waals surface area contributed by atoms with Crippen molar-refractivity contribution in [3.05, 3.63) is 18.0 Å². The van der Waals surface area contributed by atoms with Crippen molar-refractivity contribution in [2.45, 2.75) is 49.7 Å². The van der Waals surface area contributed by atoms with Crippen molar-refractivity contribution < 1.29 is 18.0 Å². The van der Waals surface area contributed by atoms with Crippen molar-refractivity contribution in [1.82, 2.24) is 14.7 Å². The Labute approximate surface area is 137 Å². The van der Waals surface area contributed by atoms with Crippen LogP contribution in [0.25, 0.3) is 0 Å². The Kier molecular flexibility index (Phi) is 3.06. The molecule has 0 radical (unpaired) electrons. The van der Waals surface area contributed by atoms with E-state index in [2.05, 4.69) is 11.2 Å². The van der Waals surface area contributed by atoms with E-state index in [1.54, 1.807) is 10.9 Å². The number of aromatic nitrogens is 2. The molecule has 8 heteroatoms. The fourth-order valence-corrected chi connectivity index (χ4v) is 3.56. The van der Waals surface area contributed by atoms with E-state index in [0.717, 1.165) is 18.4 Å². The summed E-state index contributed by atoms with van der Waals surface area (Å²) in [4.78, 5) is 13.5. The van der Waals surface area contributed by atoms with E-state index in [4.69, 9.17) is 5.26 Å². The number of halogens is 3. The highest BCUT2D eigenvalue weighted by atomic mass is 19.4. The van der Waals surface area contributed by atoms with Gasteiger partial charge in [0.1, 0.15) is 11.0 Å². The molecule has 0 bridgehead atoms. The molecule has 0 spiro atoms. The van der Waals surface area contributed by atoms with E-state index in [1.165, 1.54) is 4.90 Å². The van der Waals surface area contributed by atoms with Gasteiger partial charge in [-0.05, 0) is 37.2 Å². The molecule has 2 heterocycles. The minimum Gasteiger partial charge on any atom is -0.337 e. The second-order valence-electron chi connectivity index (χ2n) is 7.29. The summed E-state index contributed by atoms with van der Waals surface area (Å²) >= 11 is 0. The van der Waals surface area contributed by atoms with Crippen LogP contribution in [-0.2, 0) is 10.3 Å². The SMILES string of the molecule is N#CCC1(n2cc(C3CC3)cn2)CN(C(=O)C2(C(F)(F)F)CC2)C1. The number of hydrogen-bond donors (Lipinski definition) is 0. The van der Waals surface area contributed by atoms with E-state index in [9.17, 15) is 18.0 Å². The molecular weight excluding hydrogens is 321 g/mol. The molecule has 2 saturated carbocycles. The fraction of sp³-hybridized carbons (Fsp3) is 0.688. The lowest BCUT2D eigenvalue weighted by Gasteiger charge is -2.50. The van der Waals surface area contributed by atoms with Crippen molar-refractivity contribution in [2.24, 2.45) is 5.41 Å². The van der Waals surface area contributed by atoms with Crippen LogP contribution in [-0.4, -0.2) is 39.9 Å². The first kappa shape index (κ1) is 15.5. The Bertz CT molecular complexity index is 718. The van der Waals surface area contributed by atoms with E-state index in [-0.39, 0.29) is 32.4 Å². The van der Waals surface area contributed by atoms with Gasteiger partial charge >= 0.3 is 6.18 Å². The average Bonchev–Trinajstić information content (AvgIpc) is 3.39. The minimum atomic E-state index is -4.50. The molecule has 4 rings (SSSR count). The van der Waals surface area contributed by atoms with Crippen molar-refractivity contribution in [1.29, 1.82) is 5.26 Å². The van der Waals surface area contributed by atoms with Crippen LogP contribution in [0.15, 0.2) is 12.4 Å². The van der Waals surface area contributed by atoms with E-state index in [1.807, 2.05) is 6.20 Å². The zero-order valence-electron chi connectivity index (χ0n) is 13.0. The lowest BCUT2D eigenvalue weighted by molar-refractivity contribution is -0.204. The molecule has 5 nitrogen and oxygen atoms in total. The highest BCUT2D eigenvalue weighted by Crippen LogP contribution is 2.59. The van der Waals surface area contributed by atoms with Gasteiger partial charge in [0.05, 0.1) is 18.7 Å². The number of nitriles is 1. The number of hydrogen-bond acceptors (Lipinski definition) is 3. The molecule has 1 aromatic heterocycles. The van der Waals surface area contributed by atoms with E-state index >= 15 is 0 Å². The smallest absolute Gasteiger partial charge is 0.337 e. The third kappa shape index (κ3) is 2.14. The Morgan fingerprint density at radius 1 is 1.38 bits per heavy atom. The minimum absolute atomic E-state index is 0.114.